The van der Waals surface area contributed by atoms with E-state index >= 15 is 0 Å². The van der Waals surface area contributed by atoms with E-state index in [0.717, 1.165) is 22.2 Å². The maximum atomic E-state index is 11.2. The van der Waals surface area contributed by atoms with Crippen LogP contribution >= 0.6 is 0 Å². The van der Waals surface area contributed by atoms with E-state index in [4.69, 9.17) is 5.11 Å². The molecule has 2 N–H and O–H groups in total. The van der Waals surface area contributed by atoms with Crippen molar-refractivity contribution in [3.63, 3.8) is 0 Å². The molecule has 0 spiro atoms. The number of carboxylic acid groups (broad SMARTS) is 1. The van der Waals surface area contributed by atoms with Crippen LogP contribution in [0.5, 0.6) is 0 Å². The summed E-state index contributed by atoms with van der Waals surface area (Å²) in [6.45, 7) is 3.29. The molecule has 0 saturated carbocycles. The molecule has 0 aliphatic rings. The molecular formula is C15H16N2O3. The Balaban J connectivity index is 2.39. The summed E-state index contributed by atoms with van der Waals surface area (Å²) in [6, 6.07) is 8.82. The summed E-state index contributed by atoms with van der Waals surface area (Å²) in [4.78, 5) is 26.5. The third-order valence-electron chi connectivity index (χ3n) is 3.01. The number of rotatable bonds is 4. The van der Waals surface area contributed by atoms with Crippen molar-refractivity contribution in [2.75, 3.05) is 0 Å². The van der Waals surface area contributed by atoms with Gasteiger partial charge in [-0.2, -0.15) is 0 Å². The zero-order chi connectivity index (χ0) is 14.7. The number of hydrogen-bond acceptors (Lipinski definition) is 3. The van der Waals surface area contributed by atoms with E-state index < -0.39 is 12.0 Å². The topological polar surface area (TPSA) is 79.3 Å². The minimum absolute atomic E-state index is 0.148. The predicted molar refractivity (Wildman–Crippen MR) is 75.3 cm³/mol. The molecule has 1 aromatic carbocycles. The number of hydrogen-bond donors (Lipinski definition) is 2. The summed E-state index contributed by atoms with van der Waals surface area (Å²) < 4.78 is 0. The van der Waals surface area contributed by atoms with Gasteiger partial charge in [0.25, 0.3) is 0 Å². The van der Waals surface area contributed by atoms with Crippen LogP contribution in [0.1, 0.15) is 30.6 Å². The summed E-state index contributed by atoms with van der Waals surface area (Å²) >= 11 is 0. The third kappa shape index (κ3) is 3.32. The summed E-state index contributed by atoms with van der Waals surface area (Å²) in [6.07, 6.45) is -0.148. The second-order valence-corrected chi connectivity index (χ2v) is 4.76. The second kappa shape index (κ2) is 5.69. The lowest BCUT2D eigenvalue weighted by Crippen LogP contribution is -2.27. The van der Waals surface area contributed by atoms with E-state index in [1.807, 2.05) is 31.2 Å². The van der Waals surface area contributed by atoms with Crippen LogP contribution in [-0.4, -0.2) is 22.0 Å². The Kier molecular flexibility index (Phi) is 3.98. The molecule has 1 atom stereocenters. The Morgan fingerprint density at radius 2 is 2.05 bits per heavy atom. The molecule has 0 saturated heterocycles. The molecule has 0 aliphatic carbocycles. The van der Waals surface area contributed by atoms with E-state index in [2.05, 4.69) is 10.3 Å². The number of aryl methyl sites for hydroxylation is 1. The van der Waals surface area contributed by atoms with E-state index in [9.17, 15) is 9.59 Å². The number of nitrogens with zero attached hydrogens (tertiary/aromatic N) is 1. The molecule has 5 heteroatoms. The molecule has 1 unspecified atom stereocenters. The van der Waals surface area contributed by atoms with Gasteiger partial charge in [0.05, 0.1) is 18.0 Å². The standard InChI is InChI=1S/C15H16N2O3/c1-9-3-4-11-7-12(5-6-13(11)16-9)14(8-15(19)20)17-10(2)18/h3-7,14H,8H2,1-2H3,(H,17,18)(H,19,20). The van der Waals surface area contributed by atoms with Gasteiger partial charge in [-0.1, -0.05) is 12.1 Å². The highest BCUT2D eigenvalue weighted by atomic mass is 16.4. The first-order valence-electron chi connectivity index (χ1n) is 6.32. The lowest BCUT2D eigenvalue weighted by atomic mass is 10.0. The average Bonchev–Trinajstić information content (AvgIpc) is 2.36. The zero-order valence-electron chi connectivity index (χ0n) is 11.4. The van der Waals surface area contributed by atoms with Gasteiger partial charge in [0, 0.05) is 18.0 Å². The Morgan fingerprint density at radius 3 is 2.70 bits per heavy atom. The Bertz CT molecular complexity index is 651. The van der Waals surface area contributed by atoms with E-state index in [-0.39, 0.29) is 12.3 Å². The van der Waals surface area contributed by atoms with Crippen molar-refractivity contribution in [2.45, 2.75) is 26.3 Å². The van der Waals surface area contributed by atoms with Gasteiger partial charge in [-0.25, -0.2) is 0 Å². The fourth-order valence-electron chi connectivity index (χ4n) is 2.13. The molecule has 1 amide bonds. The van der Waals surface area contributed by atoms with Crippen LogP contribution in [0.4, 0.5) is 0 Å². The van der Waals surface area contributed by atoms with Crippen LogP contribution < -0.4 is 5.32 Å². The van der Waals surface area contributed by atoms with Gasteiger partial charge in [-0.05, 0) is 30.7 Å². The monoisotopic (exact) mass is 272 g/mol. The number of aromatic nitrogens is 1. The number of carboxylic acids is 1. The van der Waals surface area contributed by atoms with Gasteiger partial charge < -0.3 is 10.4 Å². The van der Waals surface area contributed by atoms with Crippen LogP contribution in [0, 0.1) is 6.92 Å². The van der Waals surface area contributed by atoms with Gasteiger partial charge >= 0.3 is 5.97 Å². The van der Waals surface area contributed by atoms with E-state index in [1.165, 1.54) is 6.92 Å². The largest absolute Gasteiger partial charge is 0.481 e. The van der Waals surface area contributed by atoms with Crippen LogP contribution in [0.2, 0.25) is 0 Å². The lowest BCUT2D eigenvalue weighted by molar-refractivity contribution is -0.137. The molecule has 1 aromatic heterocycles. The molecule has 104 valence electrons. The normalized spacial score (nSPS) is 12.1. The summed E-state index contributed by atoms with van der Waals surface area (Å²) in [5.74, 6) is -1.20. The summed E-state index contributed by atoms with van der Waals surface area (Å²) in [7, 11) is 0. The molecule has 1 heterocycles. The average molecular weight is 272 g/mol. The third-order valence-corrected chi connectivity index (χ3v) is 3.01. The zero-order valence-corrected chi connectivity index (χ0v) is 11.4. The number of fused-ring (bicyclic) bond motifs is 1. The number of benzene rings is 1. The van der Waals surface area contributed by atoms with E-state index in [1.54, 1.807) is 6.07 Å². The molecule has 2 rings (SSSR count). The smallest absolute Gasteiger partial charge is 0.305 e. The van der Waals surface area contributed by atoms with Gasteiger partial charge in [0.15, 0.2) is 0 Å². The number of carbonyl (C=O) groups excluding carboxylic acids is 1. The van der Waals surface area contributed by atoms with Gasteiger partial charge in [0.1, 0.15) is 0 Å². The van der Waals surface area contributed by atoms with Crippen molar-refractivity contribution >= 4 is 22.8 Å². The maximum Gasteiger partial charge on any atom is 0.305 e. The predicted octanol–water partition coefficient (Wildman–Crippen LogP) is 2.20. The number of amides is 1. The number of carbonyl (C=O) groups is 2. The molecule has 0 bridgehead atoms. The highest BCUT2D eigenvalue weighted by molar-refractivity contribution is 5.80. The highest BCUT2D eigenvalue weighted by Gasteiger charge is 2.17. The van der Waals surface area contributed by atoms with Crippen molar-refractivity contribution in [3.05, 3.63) is 41.6 Å². The number of pyridine rings is 1. The SMILES string of the molecule is CC(=O)NC(CC(=O)O)c1ccc2nc(C)ccc2c1. The first-order chi connectivity index (χ1) is 9.45. The van der Waals surface area contributed by atoms with Crippen molar-refractivity contribution in [1.29, 1.82) is 0 Å². The Morgan fingerprint density at radius 1 is 1.30 bits per heavy atom. The fourth-order valence-corrected chi connectivity index (χ4v) is 2.13. The summed E-state index contributed by atoms with van der Waals surface area (Å²) in [5.41, 5.74) is 2.54. The highest BCUT2D eigenvalue weighted by Crippen LogP contribution is 2.22. The lowest BCUT2D eigenvalue weighted by Gasteiger charge is -2.16. The van der Waals surface area contributed by atoms with Crippen LogP contribution in [0.3, 0.4) is 0 Å². The number of nitrogens with one attached hydrogen (secondary N) is 1. The number of aliphatic carboxylic acids is 1. The van der Waals surface area contributed by atoms with Gasteiger partial charge in [-0.3, -0.25) is 14.6 Å². The van der Waals surface area contributed by atoms with Crippen molar-refractivity contribution in [3.8, 4) is 0 Å². The van der Waals surface area contributed by atoms with Crippen LogP contribution in [0.15, 0.2) is 30.3 Å². The molecule has 0 radical (unpaired) electrons. The minimum Gasteiger partial charge on any atom is -0.481 e. The second-order valence-electron chi connectivity index (χ2n) is 4.76. The molecule has 0 fully saturated rings. The van der Waals surface area contributed by atoms with Crippen LogP contribution in [0.25, 0.3) is 10.9 Å². The molecule has 5 nitrogen and oxygen atoms in total. The Labute approximate surface area is 116 Å². The van der Waals surface area contributed by atoms with Crippen molar-refractivity contribution in [2.24, 2.45) is 0 Å². The fraction of sp³-hybridized carbons (Fsp3) is 0.267. The first kappa shape index (κ1) is 14.0. The van der Waals surface area contributed by atoms with Gasteiger partial charge in [-0.15, -0.1) is 0 Å². The van der Waals surface area contributed by atoms with Crippen LogP contribution in [-0.2, 0) is 9.59 Å². The molecule has 2 aromatic rings. The van der Waals surface area contributed by atoms with Gasteiger partial charge in [0.2, 0.25) is 5.91 Å². The molecule has 0 aliphatic heterocycles. The maximum absolute atomic E-state index is 11.2. The van der Waals surface area contributed by atoms with E-state index in [0.29, 0.717) is 0 Å². The first-order valence-corrected chi connectivity index (χ1v) is 6.32. The minimum atomic E-state index is -0.953. The summed E-state index contributed by atoms with van der Waals surface area (Å²) in [5, 5.41) is 12.5. The molecular weight excluding hydrogens is 256 g/mol. The Hall–Kier alpha value is -2.43. The quantitative estimate of drug-likeness (QED) is 0.894. The van der Waals surface area contributed by atoms with Crippen molar-refractivity contribution < 1.29 is 14.7 Å². The van der Waals surface area contributed by atoms with Crippen molar-refractivity contribution in [1.82, 2.24) is 10.3 Å². The molecule has 20 heavy (non-hydrogen) atoms.